The fourth-order valence-corrected chi connectivity index (χ4v) is 6.62. The van der Waals surface area contributed by atoms with Crippen LogP contribution >= 0.6 is 0 Å². The summed E-state index contributed by atoms with van der Waals surface area (Å²) in [7, 11) is 0. The maximum Gasteiger partial charge on any atom is 0.153 e. The lowest BCUT2D eigenvalue weighted by Gasteiger charge is -2.66. The molecule has 6 atom stereocenters. The first-order valence-corrected chi connectivity index (χ1v) is 8.97. The lowest BCUT2D eigenvalue weighted by atomic mass is 9.44. The molecule has 23 heavy (non-hydrogen) atoms. The van der Waals surface area contributed by atoms with Crippen molar-refractivity contribution in [1.29, 1.82) is 0 Å². The van der Waals surface area contributed by atoms with Crippen molar-refractivity contribution >= 4 is 0 Å². The maximum absolute atomic E-state index is 11.9. The van der Waals surface area contributed by atoms with Gasteiger partial charge in [0, 0.05) is 23.9 Å². The smallest absolute Gasteiger partial charge is 0.153 e. The zero-order chi connectivity index (χ0) is 15.8. The van der Waals surface area contributed by atoms with E-state index < -0.39 is 5.60 Å². The van der Waals surface area contributed by atoms with Crippen LogP contribution in [0.25, 0.3) is 0 Å². The highest BCUT2D eigenvalue weighted by atomic mass is 16.5. The van der Waals surface area contributed by atoms with Crippen LogP contribution in [0.2, 0.25) is 0 Å². The summed E-state index contributed by atoms with van der Waals surface area (Å²) in [6.45, 7) is 5.72. The molecule has 0 aromatic heterocycles. The number of rotatable bonds is 2. The lowest BCUT2D eigenvalue weighted by Crippen LogP contribution is -2.75. The summed E-state index contributed by atoms with van der Waals surface area (Å²) in [6.07, 6.45) is 10.7. The van der Waals surface area contributed by atoms with Crippen LogP contribution in [0, 0.1) is 17.3 Å². The Morgan fingerprint density at radius 3 is 3.13 bits per heavy atom. The van der Waals surface area contributed by atoms with Gasteiger partial charge < -0.3 is 14.9 Å². The van der Waals surface area contributed by atoms with Gasteiger partial charge in [-0.2, -0.15) is 0 Å². The van der Waals surface area contributed by atoms with Crippen molar-refractivity contribution in [2.24, 2.45) is 17.3 Å². The van der Waals surface area contributed by atoms with E-state index in [1.54, 1.807) is 0 Å². The average molecular weight is 315 g/mol. The molecular formula is C19H25NO3. The minimum absolute atomic E-state index is 0.0551. The Balaban J connectivity index is 1.69. The molecule has 0 radical (unpaired) electrons. The zero-order valence-corrected chi connectivity index (χ0v) is 13.4. The third kappa shape index (κ3) is 1.46. The van der Waals surface area contributed by atoms with Crippen LogP contribution in [0.15, 0.2) is 36.3 Å². The second-order valence-electron chi connectivity index (χ2n) is 8.00. The summed E-state index contributed by atoms with van der Waals surface area (Å²) in [5.41, 5.74) is -0.921. The van der Waals surface area contributed by atoms with Gasteiger partial charge in [0.25, 0.3) is 0 Å². The molecule has 4 fully saturated rings. The van der Waals surface area contributed by atoms with Gasteiger partial charge in [0.05, 0.1) is 5.60 Å². The third-order valence-electron chi connectivity index (χ3n) is 7.36. The van der Waals surface area contributed by atoms with Gasteiger partial charge in [0.2, 0.25) is 0 Å². The molecule has 0 aromatic rings. The Morgan fingerprint density at radius 1 is 1.43 bits per heavy atom. The predicted octanol–water partition coefficient (Wildman–Crippen LogP) is 2.52. The van der Waals surface area contributed by atoms with E-state index in [0.29, 0.717) is 5.92 Å². The SMILES string of the molecule is C=CCN1CC[C@@]23C4C5=C(O)C=CC4C[C@@H]1[C@]2(O)CCC[C@@H]3O5. The van der Waals surface area contributed by atoms with Gasteiger partial charge in [0.15, 0.2) is 5.76 Å². The van der Waals surface area contributed by atoms with Crippen molar-refractivity contribution in [2.75, 3.05) is 13.1 Å². The van der Waals surface area contributed by atoms with E-state index in [2.05, 4.69) is 17.6 Å². The van der Waals surface area contributed by atoms with Crippen LogP contribution in [0.3, 0.4) is 0 Å². The summed E-state index contributed by atoms with van der Waals surface area (Å²) >= 11 is 0. The number of aliphatic hydroxyl groups excluding tert-OH is 1. The molecule has 5 rings (SSSR count). The summed E-state index contributed by atoms with van der Waals surface area (Å²) in [4.78, 5) is 2.42. The molecule has 2 unspecified atom stereocenters. The number of nitrogens with zero attached hydrogens (tertiary/aromatic N) is 1. The van der Waals surface area contributed by atoms with Gasteiger partial charge in [-0.1, -0.05) is 12.2 Å². The minimum Gasteiger partial charge on any atom is -0.504 e. The van der Waals surface area contributed by atoms with Gasteiger partial charge in [-0.25, -0.2) is 0 Å². The molecule has 2 saturated heterocycles. The zero-order valence-electron chi connectivity index (χ0n) is 13.4. The molecule has 3 aliphatic carbocycles. The third-order valence-corrected chi connectivity index (χ3v) is 7.36. The van der Waals surface area contributed by atoms with Crippen LogP contribution < -0.4 is 0 Å². The van der Waals surface area contributed by atoms with Crippen molar-refractivity contribution in [3.8, 4) is 0 Å². The first-order valence-electron chi connectivity index (χ1n) is 8.97. The Morgan fingerprint density at radius 2 is 2.30 bits per heavy atom. The molecule has 2 bridgehead atoms. The van der Waals surface area contributed by atoms with Crippen molar-refractivity contribution < 1.29 is 14.9 Å². The van der Waals surface area contributed by atoms with Gasteiger partial charge in [-0.15, -0.1) is 6.58 Å². The Hall–Kier alpha value is -1.26. The molecule has 2 saturated carbocycles. The first kappa shape index (κ1) is 14.1. The highest BCUT2D eigenvalue weighted by Gasteiger charge is 2.75. The van der Waals surface area contributed by atoms with E-state index in [0.717, 1.165) is 51.0 Å². The number of aliphatic hydroxyl groups is 2. The number of hydrogen-bond acceptors (Lipinski definition) is 4. The van der Waals surface area contributed by atoms with E-state index in [4.69, 9.17) is 4.74 Å². The summed E-state index contributed by atoms with van der Waals surface area (Å²) in [5.74, 6) is 1.56. The van der Waals surface area contributed by atoms with E-state index in [1.165, 1.54) is 0 Å². The Bertz CT molecular complexity index is 626. The second kappa shape index (κ2) is 4.42. The topological polar surface area (TPSA) is 52.9 Å². The van der Waals surface area contributed by atoms with Gasteiger partial charge in [0.1, 0.15) is 11.9 Å². The van der Waals surface area contributed by atoms with Crippen LogP contribution in [-0.2, 0) is 4.74 Å². The number of piperidine rings is 1. The second-order valence-corrected chi connectivity index (χ2v) is 8.00. The van der Waals surface area contributed by atoms with Gasteiger partial charge >= 0.3 is 0 Å². The molecule has 2 N–H and O–H groups in total. The quantitative estimate of drug-likeness (QED) is 0.769. The highest BCUT2D eigenvalue weighted by Crippen LogP contribution is 2.69. The predicted molar refractivity (Wildman–Crippen MR) is 86.7 cm³/mol. The van der Waals surface area contributed by atoms with Crippen LogP contribution in [0.5, 0.6) is 0 Å². The fourth-order valence-electron chi connectivity index (χ4n) is 6.62. The molecule has 0 aromatic carbocycles. The molecular weight excluding hydrogens is 290 g/mol. The number of ether oxygens (including phenoxy) is 1. The van der Waals surface area contributed by atoms with Crippen LogP contribution in [0.4, 0.5) is 0 Å². The van der Waals surface area contributed by atoms with Crippen LogP contribution in [-0.4, -0.2) is 45.9 Å². The first-order chi connectivity index (χ1) is 11.1. The molecule has 4 nitrogen and oxygen atoms in total. The van der Waals surface area contributed by atoms with Crippen molar-refractivity contribution in [2.45, 2.75) is 49.9 Å². The highest BCUT2D eigenvalue weighted by molar-refractivity contribution is 5.37. The molecule has 1 spiro atoms. The minimum atomic E-state index is -0.703. The van der Waals surface area contributed by atoms with E-state index in [-0.39, 0.29) is 29.2 Å². The van der Waals surface area contributed by atoms with Crippen molar-refractivity contribution in [3.05, 3.63) is 36.3 Å². The molecule has 2 heterocycles. The summed E-state index contributed by atoms with van der Waals surface area (Å²) < 4.78 is 6.28. The lowest BCUT2D eigenvalue weighted by molar-refractivity contribution is -0.248. The standard InChI is InChI=1S/C19H25NO3/c1-2-9-20-10-8-18-15-4-3-7-19(18,22)14(20)11-12-5-6-13(21)17(23-15)16(12)18/h2,5-6,12,14-16,21-22H,1,3-4,7-11H2/t12?,14-,15+,16?,18-,19-/m1/s1. The average Bonchev–Trinajstić information content (AvgIpc) is 2.87. The monoisotopic (exact) mass is 315 g/mol. The largest absolute Gasteiger partial charge is 0.504 e. The fraction of sp³-hybridized carbons (Fsp3) is 0.684. The number of likely N-dealkylation sites (tertiary alicyclic amines) is 1. The van der Waals surface area contributed by atoms with Crippen LogP contribution in [0.1, 0.15) is 32.1 Å². The van der Waals surface area contributed by atoms with Crippen molar-refractivity contribution in [1.82, 2.24) is 4.90 Å². The van der Waals surface area contributed by atoms with E-state index in [1.807, 2.05) is 12.2 Å². The molecule has 0 amide bonds. The Labute approximate surface area is 137 Å². The Kier molecular flexibility index (Phi) is 2.71. The summed E-state index contributed by atoms with van der Waals surface area (Å²) in [5, 5.41) is 22.2. The molecule has 5 aliphatic rings. The molecule has 124 valence electrons. The molecule has 2 aliphatic heterocycles. The van der Waals surface area contributed by atoms with Crippen molar-refractivity contribution in [3.63, 3.8) is 0 Å². The maximum atomic E-state index is 11.9. The van der Waals surface area contributed by atoms with E-state index >= 15 is 0 Å². The van der Waals surface area contributed by atoms with Gasteiger partial charge in [-0.3, -0.25) is 4.90 Å². The van der Waals surface area contributed by atoms with E-state index in [9.17, 15) is 10.2 Å². The normalized spacial score (nSPS) is 50.5. The summed E-state index contributed by atoms with van der Waals surface area (Å²) in [6, 6.07) is 0.172. The molecule has 4 heteroatoms. The van der Waals surface area contributed by atoms with Gasteiger partial charge in [-0.05, 0) is 50.6 Å². The number of hydrogen-bond donors (Lipinski definition) is 2. The number of allylic oxidation sites excluding steroid dienone is 3.